The number of hydrogen-bond acceptors (Lipinski definition) is 3. The fourth-order valence-corrected chi connectivity index (χ4v) is 3.24. The summed E-state index contributed by atoms with van der Waals surface area (Å²) in [5.74, 6) is 0. The fourth-order valence-electron chi connectivity index (χ4n) is 3.24. The third kappa shape index (κ3) is 4.08. The Hall–Kier alpha value is -0.380. The Morgan fingerprint density at radius 2 is 2.11 bits per heavy atom. The van der Waals surface area contributed by atoms with Crippen LogP contribution < -0.4 is 5.32 Å². The van der Waals surface area contributed by atoms with Gasteiger partial charge in [0.1, 0.15) is 0 Å². The predicted molar refractivity (Wildman–Crippen MR) is 75.9 cm³/mol. The highest BCUT2D eigenvalue weighted by molar-refractivity contribution is 4.96. The van der Waals surface area contributed by atoms with Crippen LogP contribution in [0.5, 0.6) is 0 Å². The van der Waals surface area contributed by atoms with Gasteiger partial charge in [-0.25, -0.2) is 0 Å². The normalized spacial score (nSPS) is 24.3. The minimum Gasteiger partial charge on any atom is -0.376 e. The van der Waals surface area contributed by atoms with Crippen LogP contribution in [0.4, 0.5) is 0 Å². The Bertz CT molecular complexity index is 266. The predicted octanol–water partition coefficient (Wildman–Crippen LogP) is 2.19. The molecule has 0 radical (unpaired) electrons. The Kier molecular flexibility index (Phi) is 5.22. The van der Waals surface area contributed by atoms with Crippen LogP contribution in [0.2, 0.25) is 0 Å². The van der Waals surface area contributed by atoms with Crippen molar-refractivity contribution in [1.29, 1.82) is 0 Å². The summed E-state index contributed by atoms with van der Waals surface area (Å²) in [6.07, 6.45) is 6.93. The largest absolute Gasteiger partial charge is 0.376 e. The molecule has 0 unspecified atom stereocenters. The molecule has 1 spiro atoms. The van der Waals surface area contributed by atoms with Crippen molar-refractivity contribution in [3.63, 3.8) is 0 Å². The van der Waals surface area contributed by atoms with Crippen LogP contribution >= 0.6 is 0 Å². The zero-order valence-corrected chi connectivity index (χ0v) is 11.8. The van der Waals surface area contributed by atoms with Crippen LogP contribution in [-0.4, -0.2) is 49.8 Å². The molecule has 3 nitrogen and oxygen atoms in total. The summed E-state index contributed by atoms with van der Waals surface area (Å²) in [5, 5.41) is 3.78. The topological polar surface area (TPSA) is 24.5 Å². The van der Waals surface area contributed by atoms with Crippen LogP contribution in [-0.2, 0) is 4.74 Å². The second-order valence-corrected chi connectivity index (χ2v) is 6.05. The molecule has 3 heteroatoms. The maximum atomic E-state index is 5.61. The monoisotopic (exact) mass is 252 g/mol. The molecule has 2 aliphatic rings. The summed E-state index contributed by atoms with van der Waals surface area (Å²) in [4.78, 5) is 2.57. The third-order valence-electron chi connectivity index (χ3n) is 4.17. The number of rotatable bonds is 5. The van der Waals surface area contributed by atoms with Crippen molar-refractivity contribution in [2.24, 2.45) is 0 Å². The van der Waals surface area contributed by atoms with Gasteiger partial charge in [0, 0.05) is 31.7 Å². The molecule has 1 N–H and O–H groups in total. The zero-order valence-electron chi connectivity index (χ0n) is 11.8. The van der Waals surface area contributed by atoms with E-state index in [4.69, 9.17) is 4.74 Å². The third-order valence-corrected chi connectivity index (χ3v) is 4.17. The molecule has 2 fully saturated rings. The van der Waals surface area contributed by atoms with Crippen molar-refractivity contribution >= 4 is 0 Å². The molecule has 0 amide bonds. The molecule has 1 aliphatic carbocycles. The average molecular weight is 252 g/mol. The molecule has 18 heavy (non-hydrogen) atoms. The number of nitrogens with one attached hydrogen (secondary N) is 1. The van der Waals surface area contributed by atoms with Gasteiger partial charge >= 0.3 is 0 Å². The average Bonchev–Trinajstić information content (AvgIpc) is 2.36. The van der Waals surface area contributed by atoms with Crippen molar-refractivity contribution in [2.75, 3.05) is 39.4 Å². The van der Waals surface area contributed by atoms with E-state index < -0.39 is 0 Å². The number of hydrogen-bond donors (Lipinski definition) is 1. The summed E-state index contributed by atoms with van der Waals surface area (Å²) in [6, 6.07) is 0. The van der Waals surface area contributed by atoms with E-state index in [1.807, 2.05) is 6.92 Å². The summed E-state index contributed by atoms with van der Waals surface area (Å²) in [6.45, 7) is 12.0. The van der Waals surface area contributed by atoms with Crippen LogP contribution in [0.3, 0.4) is 0 Å². The molecule has 2 rings (SSSR count). The van der Waals surface area contributed by atoms with Gasteiger partial charge in [0.25, 0.3) is 0 Å². The van der Waals surface area contributed by atoms with Gasteiger partial charge in [-0.2, -0.15) is 0 Å². The van der Waals surface area contributed by atoms with Gasteiger partial charge < -0.3 is 10.1 Å². The molecule has 1 saturated heterocycles. The zero-order chi connectivity index (χ0) is 12.8. The maximum absolute atomic E-state index is 5.61. The molecule has 104 valence electrons. The smallest absolute Gasteiger partial charge is 0.0672 e. The van der Waals surface area contributed by atoms with Crippen molar-refractivity contribution in [3.05, 3.63) is 12.2 Å². The van der Waals surface area contributed by atoms with Gasteiger partial charge in [-0.15, -0.1) is 0 Å². The van der Waals surface area contributed by atoms with E-state index in [0.717, 1.165) is 31.8 Å². The fraction of sp³-hybridized carbons (Fsp3) is 0.867. The van der Waals surface area contributed by atoms with Crippen molar-refractivity contribution in [1.82, 2.24) is 10.2 Å². The lowest BCUT2D eigenvalue weighted by Gasteiger charge is -2.46. The minimum atomic E-state index is 0.421. The number of ether oxygens (including phenoxy) is 1. The Labute approximate surface area is 112 Å². The first-order valence-electron chi connectivity index (χ1n) is 7.40. The molecule has 1 saturated carbocycles. The number of nitrogens with zero attached hydrogens (tertiary/aromatic N) is 1. The van der Waals surface area contributed by atoms with E-state index in [1.54, 1.807) is 0 Å². The van der Waals surface area contributed by atoms with E-state index in [9.17, 15) is 0 Å². The molecule has 0 aromatic heterocycles. The molecule has 1 aliphatic heterocycles. The van der Waals surface area contributed by atoms with Gasteiger partial charge in [0.05, 0.1) is 13.2 Å². The van der Waals surface area contributed by atoms with Crippen molar-refractivity contribution in [2.45, 2.75) is 44.6 Å². The highest BCUT2D eigenvalue weighted by atomic mass is 16.5. The van der Waals surface area contributed by atoms with Crippen LogP contribution in [0.1, 0.15) is 39.0 Å². The van der Waals surface area contributed by atoms with E-state index in [-0.39, 0.29) is 0 Å². The second-order valence-electron chi connectivity index (χ2n) is 6.05. The summed E-state index contributed by atoms with van der Waals surface area (Å²) in [5.41, 5.74) is 1.53. The Morgan fingerprint density at radius 1 is 1.33 bits per heavy atom. The Morgan fingerprint density at radius 3 is 2.83 bits per heavy atom. The molecular weight excluding hydrogens is 224 g/mol. The first-order valence-corrected chi connectivity index (χ1v) is 7.40. The highest BCUT2D eigenvalue weighted by Gasteiger charge is 2.35. The minimum absolute atomic E-state index is 0.421. The standard InChI is InChI=1S/C15H28N2O/c1-14(2)12-18-11-10-17-9-8-16-15(13-17)6-4-3-5-7-15/h16H,1,3-13H2,2H3. The maximum Gasteiger partial charge on any atom is 0.0672 e. The van der Waals surface area contributed by atoms with Crippen LogP contribution in [0.25, 0.3) is 0 Å². The highest BCUT2D eigenvalue weighted by Crippen LogP contribution is 2.30. The lowest BCUT2D eigenvalue weighted by molar-refractivity contribution is 0.0657. The lowest BCUT2D eigenvalue weighted by atomic mass is 9.80. The lowest BCUT2D eigenvalue weighted by Crippen LogP contribution is -2.61. The first-order chi connectivity index (χ1) is 8.70. The van der Waals surface area contributed by atoms with E-state index in [2.05, 4.69) is 16.8 Å². The Balaban J connectivity index is 1.71. The molecular formula is C15H28N2O. The second kappa shape index (κ2) is 6.69. The van der Waals surface area contributed by atoms with Crippen molar-refractivity contribution < 1.29 is 4.74 Å². The first kappa shape index (κ1) is 14.0. The van der Waals surface area contributed by atoms with E-state index in [0.29, 0.717) is 12.1 Å². The van der Waals surface area contributed by atoms with Gasteiger partial charge in [-0.3, -0.25) is 4.90 Å². The van der Waals surface area contributed by atoms with Crippen LogP contribution in [0.15, 0.2) is 12.2 Å². The molecule has 0 aromatic rings. The summed E-state index contributed by atoms with van der Waals surface area (Å²) < 4.78 is 5.61. The summed E-state index contributed by atoms with van der Waals surface area (Å²) in [7, 11) is 0. The molecule has 0 aromatic carbocycles. The van der Waals surface area contributed by atoms with Gasteiger partial charge in [-0.05, 0) is 19.8 Å². The quantitative estimate of drug-likeness (QED) is 0.599. The number of piperazine rings is 1. The van der Waals surface area contributed by atoms with Gasteiger partial charge in [0.15, 0.2) is 0 Å². The van der Waals surface area contributed by atoms with E-state index in [1.165, 1.54) is 38.6 Å². The van der Waals surface area contributed by atoms with Crippen LogP contribution in [0, 0.1) is 0 Å². The molecule has 1 heterocycles. The molecule has 0 atom stereocenters. The van der Waals surface area contributed by atoms with E-state index >= 15 is 0 Å². The van der Waals surface area contributed by atoms with Gasteiger partial charge in [0.2, 0.25) is 0 Å². The molecule has 0 bridgehead atoms. The summed E-state index contributed by atoms with van der Waals surface area (Å²) >= 11 is 0. The SMILES string of the molecule is C=C(C)COCCN1CCNC2(CCCCC2)C1. The van der Waals surface area contributed by atoms with Gasteiger partial charge in [-0.1, -0.05) is 31.4 Å². The van der Waals surface area contributed by atoms with Crippen molar-refractivity contribution in [3.8, 4) is 0 Å².